The fraction of sp³-hybridized carbons (Fsp3) is 0.556. The number of carbonyl (C=O) groups excluding carboxylic acids is 2. The molecule has 2 aliphatic heterocycles. The monoisotopic (exact) mass is 348 g/mol. The third kappa shape index (κ3) is 4.56. The van der Waals surface area contributed by atoms with Crippen molar-refractivity contribution in [1.29, 1.82) is 0 Å². The summed E-state index contributed by atoms with van der Waals surface area (Å²) in [6.45, 7) is 2.40. The van der Waals surface area contributed by atoms with Crippen LogP contribution in [0.25, 0.3) is 0 Å². The Morgan fingerprint density at radius 1 is 1.20 bits per heavy atom. The second kappa shape index (κ2) is 8.42. The van der Waals surface area contributed by atoms with E-state index in [0.29, 0.717) is 31.0 Å². The Labute approximate surface area is 147 Å². The Balaban J connectivity index is 1.56. The molecule has 2 fully saturated rings. The number of hydrogen-bond donors (Lipinski definition) is 1. The van der Waals surface area contributed by atoms with Crippen LogP contribution in [0.15, 0.2) is 24.3 Å². The fourth-order valence-electron chi connectivity index (χ4n) is 3.31. The standard InChI is InChI=1S/C18H24N2O5/c1-23-17(22)13-5-7-14(8-6-13)19-16(21)12-20-9-3-2-4-15(20)18-24-10-11-25-18/h5-8,15,18H,2-4,9-12H2,1H3,(H,19,21)/t15-/m1/s1. The molecular formula is C18H24N2O5. The number of amides is 1. The first-order valence-corrected chi connectivity index (χ1v) is 8.63. The van der Waals surface area contributed by atoms with Gasteiger partial charge in [-0.3, -0.25) is 9.69 Å². The molecule has 7 heteroatoms. The van der Waals surface area contributed by atoms with E-state index in [9.17, 15) is 9.59 Å². The molecule has 0 aliphatic carbocycles. The van der Waals surface area contributed by atoms with Gasteiger partial charge in [-0.25, -0.2) is 4.79 Å². The predicted molar refractivity (Wildman–Crippen MR) is 91.3 cm³/mol. The number of benzene rings is 1. The molecule has 0 radical (unpaired) electrons. The van der Waals surface area contributed by atoms with E-state index in [1.807, 2.05) is 0 Å². The first kappa shape index (κ1) is 17.8. The van der Waals surface area contributed by atoms with Crippen molar-refractivity contribution in [2.45, 2.75) is 31.6 Å². The number of nitrogens with zero attached hydrogens (tertiary/aromatic N) is 1. The van der Waals surface area contributed by atoms with Gasteiger partial charge in [0.25, 0.3) is 0 Å². The number of rotatable bonds is 5. The van der Waals surface area contributed by atoms with Crippen LogP contribution in [0.5, 0.6) is 0 Å². The summed E-state index contributed by atoms with van der Waals surface area (Å²) in [5, 5.41) is 2.87. The van der Waals surface area contributed by atoms with Crippen molar-refractivity contribution in [3.8, 4) is 0 Å². The number of anilines is 1. The molecule has 2 heterocycles. The molecule has 2 aliphatic rings. The lowest BCUT2D eigenvalue weighted by atomic mass is 10.0. The van der Waals surface area contributed by atoms with Crippen LogP contribution < -0.4 is 5.32 Å². The first-order chi connectivity index (χ1) is 12.2. The van der Waals surface area contributed by atoms with Crippen molar-refractivity contribution in [3.05, 3.63) is 29.8 Å². The molecule has 25 heavy (non-hydrogen) atoms. The Bertz CT molecular complexity index is 598. The van der Waals surface area contributed by atoms with E-state index < -0.39 is 5.97 Å². The van der Waals surface area contributed by atoms with Gasteiger partial charge in [0.2, 0.25) is 5.91 Å². The van der Waals surface area contributed by atoms with E-state index in [2.05, 4.69) is 15.0 Å². The Kier molecular flexibility index (Phi) is 6.01. The molecule has 0 saturated carbocycles. The van der Waals surface area contributed by atoms with E-state index in [0.717, 1.165) is 25.8 Å². The molecule has 3 rings (SSSR count). The average molecular weight is 348 g/mol. The van der Waals surface area contributed by atoms with E-state index in [-0.39, 0.29) is 18.2 Å². The van der Waals surface area contributed by atoms with Gasteiger partial charge in [0.15, 0.2) is 6.29 Å². The number of likely N-dealkylation sites (tertiary alicyclic amines) is 1. The molecule has 7 nitrogen and oxygen atoms in total. The Morgan fingerprint density at radius 3 is 2.60 bits per heavy atom. The topological polar surface area (TPSA) is 77.1 Å². The molecule has 1 aromatic carbocycles. The van der Waals surface area contributed by atoms with E-state index in [1.54, 1.807) is 24.3 Å². The van der Waals surface area contributed by atoms with Gasteiger partial charge < -0.3 is 19.5 Å². The average Bonchev–Trinajstić information content (AvgIpc) is 3.16. The quantitative estimate of drug-likeness (QED) is 0.815. The lowest BCUT2D eigenvalue weighted by molar-refractivity contribution is -0.127. The fourth-order valence-corrected chi connectivity index (χ4v) is 3.31. The van der Waals surface area contributed by atoms with Crippen LogP contribution in [0.3, 0.4) is 0 Å². The van der Waals surface area contributed by atoms with Gasteiger partial charge in [0, 0.05) is 5.69 Å². The summed E-state index contributed by atoms with van der Waals surface area (Å²) in [5.41, 5.74) is 1.10. The number of methoxy groups -OCH3 is 1. The lowest BCUT2D eigenvalue weighted by Crippen LogP contribution is -2.50. The van der Waals surface area contributed by atoms with Crippen LogP contribution in [0.4, 0.5) is 5.69 Å². The SMILES string of the molecule is COC(=O)c1ccc(NC(=O)CN2CCCC[C@@H]2C2OCCO2)cc1. The molecule has 1 aromatic rings. The summed E-state index contributed by atoms with van der Waals surface area (Å²) in [6, 6.07) is 6.78. The molecule has 0 aromatic heterocycles. The molecule has 1 amide bonds. The molecule has 1 atom stereocenters. The van der Waals surface area contributed by atoms with Gasteiger partial charge in [0.05, 0.1) is 38.5 Å². The molecule has 0 unspecified atom stereocenters. The van der Waals surface area contributed by atoms with Gasteiger partial charge in [-0.2, -0.15) is 0 Å². The van der Waals surface area contributed by atoms with Crippen molar-refractivity contribution in [1.82, 2.24) is 4.90 Å². The zero-order valence-corrected chi connectivity index (χ0v) is 14.4. The predicted octanol–water partition coefficient (Wildman–Crippen LogP) is 1.64. The highest BCUT2D eigenvalue weighted by molar-refractivity contribution is 5.94. The maximum Gasteiger partial charge on any atom is 0.337 e. The van der Waals surface area contributed by atoms with Crippen molar-refractivity contribution in [2.75, 3.05) is 38.7 Å². The van der Waals surface area contributed by atoms with Crippen LogP contribution in [-0.2, 0) is 19.0 Å². The van der Waals surface area contributed by atoms with Crippen molar-refractivity contribution in [2.24, 2.45) is 0 Å². The van der Waals surface area contributed by atoms with Gasteiger partial charge >= 0.3 is 5.97 Å². The number of hydrogen-bond acceptors (Lipinski definition) is 6. The van der Waals surface area contributed by atoms with Gasteiger partial charge in [-0.1, -0.05) is 6.42 Å². The summed E-state index contributed by atoms with van der Waals surface area (Å²) in [6.07, 6.45) is 2.95. The minimum atomic E-state index is -0.398. The van der Waals surface area contributed by atoms with Crippen LogP contribution >= 0.6 is 0 Å². The minimum Gasteiger partial charge on any atom is -0.465 e. The summed E-state index contributed by atoms with van der Waals surface area (Å²) < 4.78 is 15.9. The van der Waals surface area contributed by atoms with Crippen LogP contribution in [0, 0.1) is 0 Å². The van der Waals surface area contributed by atoms with Gasteiger partial charge in [0.1, 0.15) is 0 Å². The molecular weight excluding hydrogens is 324 g/mol. The molecule has 1 N–H and O–H groups in total. The van der Waals surface area contributed by atoms with E-state index in [1.165, 1.54) is 7.11 Å². The third-order valence-corrected chi connectivity index (χ3v) is 4.56. The molecule has 2 saturated heterocycles. The highest BCUT2D eigenvalue weighted by Crippen LogP contribution is 2.24. The van der Waals surface area contributed by atoms with Gasteiger partial charge in [-0.05, 0) is 43.7 Å². The third-order valence-electron chi connectivity index (χ3n) is 4.56. The van der Waals surface area contributed by atoms with Gasteiger partial charge in [-0.15, -0.1) is 0 Å². The Morgan fingerprint density at radius 2 is 1.92 bits per heavy atom. The smallest absolute Gasteiger partial charge is 0.337 e. The number of piperidine rings is 1. The zero-order chi connectivity index (χ0) is 17.6. The largest absolute Gasteiger partial charge is 0.465 e. The van der Waals surface area contributed by atoms with Crippen molar-refractivity contribution < 1.29 is 23.8 Å². The summed E-state index contributed by atoms with van der Waals surface area (Å²) >= 11 is 0. The number of ether oxygens (including phenoxy) is 3. The Hall–Kier alpha value is -1.96. The summed E-state index contributed by atoms with van der Waals surface area (Å²) in [5.74, 6) is -0.485. The van der Waals surface area contributed by atoms with E-state index >= 15 is 0 Å². The normalized spacial score (nSPS) is 21.9. The molecule has 0 bridgehead atoms. The first-order valence-electron chi connectivity index (χ1n) is 8.63. The maximum atomic E-state index is 12.4. The molecule has 0 spiro atoms. The lowest BCUT2D eigenvalue weighted by Gasteiger charge is -2.37. The highest BCUT2D eigenvalue weighted by Gasteiger charge is 2.34. The zero-order valence-electron chi connectivity index (χ0n) is 14.4. The second-order valence-corrected chi connectivity index (χ2v) is 6.26. The van der Waals surface area contributed by atoms with Crippen LogP contribution in [0.2, 0.25) is 0 Å². The number of carbonyl (C=O) groups is 2. The second-order valence-electron chi connectivity index (χ2n) is 6.26. The number of nitrogens with one attached hydrogen (secondary N) is 1. The van der Waals surface area contributed by atoms with Crippen LogP contribution in [0.1, 0.15) is 29.6 Å². The maximum absolute atomic E-state index is 12.4. The summed E-state index contributed by atoms with van der Waals surface area (Å²) in [4.78, 5) is 26.0. The molecule has 136 valence electrons. The van der Waals surface area contributed by atoms with Crippen molar-refractivity contribution in [3.63, 3.8) is 0 Å². The van der Waals surface area contributed by atoms with Crippen molar-refractivity contribution >= 4 is 17.6 Å². The highest BCUT2D eigenvalue weighted by atomic mass is 16.7. The number of esters is 1. The minimum absolute atomic E-state index is 0.0873. The van der Waals surface area contributed by atoms with E-state index in [4.69, 9.17) is 9.47 Å². The van der Waals surface area contributed by atoms with Crippen LogP contribution in [-0.4, -0.2) is 62.5 Å². The summed E-state index contributed by atoms with van der Waals surface area (Å²) in [7, 11) is 1.34.